The van der Waals surface area contributed by atoms with Crippen molar-refractivity contribution >= 4 is 33.1 Å². The van der Waals surface area contributed by atoms with Gasteiger partial charge in [0.25, 0.3) is 5.91 Å². The average Bonchev–Trinajstić information content (AvgIpc) is 3.96. The number of pyridine rings is 2. The highest BCUT2D eigenvalue weighted by molar-refractivity contribution is 7.23. The summed E-state index contributed by atoms with van der Waals surface area (Å²) in [6.07, 6.45) is 3.09. The first-order chi connectivity index (χ1) is 24.8. The first kappa shape index (κ1) is 31.7. The quantitative estimate of drug-likeness (QED) is 0.169. The molecule has 1 amide bonds. The molecule has 0 spiro atoms. The van der Waals surface area contributed by atoms with Crippen LogP contribution < -0.4 is 10.1 Å². The second-order valence-electron chi connectivity index (χ2n) is 13.2. The zero-order chi connectivity index (χ0) is 35.0. The molecule has 4 aromatic heterocycles. The normalized spacial score (nSPS) is 19.1. The van der Waals surface area contributed by atoms with E-state index in [1.54, 1.807) is 31.3 Å². The van der Waals surface area contributed by atoms with Crippen LogP contribution in [0, 0.1) is 18.6 Å². The summed E-state index contributed by atoms with van der Waals surface area (Å²) in [4.78, 5) is 26.7. The third kappa shape index (κ3) is 5.16. The summed E-state index contributed by atoms with van der Waals surface area (Å²) >= 11 is 1.43. The molecule has 1 aliphatic carbocycles. The van der Waals surface area contributed by atoms with Crippen LogP contribution in [-0.4, -0.2) is 50.8 Å². The molecule has 0 bridgehead atoms. The van der Waals surface area contributed by atoms with Gasteiger partial charge >= 0.3 is 0 Å². The molecule has 2 aliphatic heterocycles. The fraction of sp³-hybridized carbons (Fsp3) is 0.289. The highest BCUT2D eigenvalue weighted by atomic mass is 32.1. The number of fused-ring (bicyclic) bond motifs is 5. The number of carbonyl (C=O) groups is 1. The number of anilines is 1. The molecular formula is C38H31F3N6O3S. The van der Waals surface area contributed by atoms with Crippen LogP contribution in [0.15, 0.2) is 59.1 Å². The zero-order valence-electron chi connectivity index (χ0n) is 27.7. The van der Waals surface area contributed by atoms with Crippen LogP contribution in [0.1, 0.15) is 69.3 Å². The number of hydrogen-bond donors (Lipinski definition) is 1. The maximum Gasteiger partial charge on any atom is 0.257 e. The Morgan fingerprint density at radius 2 is 1.90 bits per heavy atom. The third-order valence-electron chi connectivity index (χ3n) is 10.2. The van der Waals surface area contributed by atoms with Gasteiger partial charge in [0.15, 0.2) is 11.6 Å². The number of aryl methyl sites for hydroxylation is 3. The lowest BCUT2D eigenvalue weighted by atomic mass is 9.93. The van der Waals surface area contributed by atoms with Gasteiger partial charge in [0.05, 0.1) is 46.4 Å². The lowest BCUT2D eigenvalue weighted by Gasteiger charge is -2.18. The minimum absolute atomic E-state index is 0.0101. The summed E-state index contributed by atoms with van der Waals surface area (Å²) < 4.78 is 56.0. The summed E-state index contributed by atoms with van der Waals surface area (Å²) in [7, 11) is 1.38. The molecule has 3 atom stereocenters. The number of carbonyl (C=O) groups excluding carboxylic acids is 1. The highest BCUT2D eigenvalue weighted by Gasteiger charge is 2.45. The molecule has 3 aliphatic rings. The molecule has 6 aromatic rings. The second-order valence-corrected chi connectivity index (χ2v) is 14.2. The predicted molar refractivity (Wildman–Crippen MR) is 186 cm³/mol. The van der Waals surface area contributed by atoms with Gasteiger partial charge in [0.1, 0.15) is 17.8 Å². The summed E-state index contributed by atoms with van der Waals surface area (Å²) in [6.45, 7) is 2.36. The number of halogens is 3. The first-order valence-electron chi connectivity index (χ1n) is 16.9. The van der Waals surface area contributed by atoms with Crippen molar-refractivity contribution in [3.05, 3.63) is 106 Å². The van der Waals surface area contributed by atoms with Crippen molar-refractivity contribution < 1.29 is 27.1 Å². The predicted octanol–water partition coefficient (Wildman–Crippen LogP) is 8.13. The molecule has 2 aromatic carbocycles. The van der Waals surface area contributed by atoms with E-state index in [4.69, 9.17) is 14.1 Å². The van der Waals surface area contributed by atoms with Crippen LogP contribution in [0.3, 0.4) is 0 Å². The Morgan fingerprint density at radius 1 is 1.06 bits per heavy atom. The van der Waals surface area contributed by atoms with Gasteiger partial charge in [-0.05, 0) is 72.5 Å². The van der Waals surface area contributed by atoms with E-state index < -0.39 is 18.0 Å². The molecule has 1 fully saturated rings. The van der Waals surface area contributed by atoms with Crippen molar-refractivity contribution in [2.75, 3.05) is 19.0 Å². The number of methoxy groups -OCH3 is 1. The molecular weight excluding hydrogens is 678 g/mol. The van der Waals surface area contributed by atoms with E-state index in [0.717, 1.165) is 39.1 Å². The van der Waals surface area contributed by atoms with Gasteiger partial charge < -0.3 is 19.4 Å². The van der Waals surface area contributed by atoms with Crippen molar-refractivity contribution in [3.8, 4) is 27.6 Å². The van der Waals surface area contributed by atoms with Crippen LogP contribution in [0.2, 0.25) is 0 Å². The maximum absolute atomic E-state index is 15.6. The number of nitrogens with zero attached hydrogens (tertiary/aromatic N) is 5. The number of ether oxygens (including phenoxy) is 1. The van der Waals surface area contributed by atoms with E-state index in [1.165, 1.54) is 36.6 Å². The number of nitrogens with one attached hydrogen (secondary N) is 1. The minimum Gasteiger partial charge on any atom is -0.493 e. The Balaban J connectivity index is 1.20. The van der Waals surface area contributed by atoms with E-state index in [0.29, 0.717) is 64.6 Å². The fourth-order valence-corrected chi connectivity index (χ4v) is 9.04. The molecule has 13 heteroatoms. The van der Waals surface area contributed by atoms with Gasteiger partial charge in [0.2, 0.25) is 11.8 Å². The molecule has 1 N–H and O–H groups in total. The van der Waals surface area contributed by atoms with E-state index in [9.17, 15) is 13.6 Å². The Bertz CT molecular complexity index is 2360. The van der Waals surface area contributed by atoms with Crippen LogP contribution in [0.5, 0.6) is 5.75 Å². The lowest BCUT2D eigenvalue weighted by molar-refractivity contribution is 0.0776. The third-order valence-corrected chi connectivity index (χ3v) is 11.3. The van der Waals surface area contributed by atoms with Crippen molar-refractivity contribution in [1.82, 2.24) is 25.1 Å². The number of benzene rings is 2. The van der Waals surface area contributed by atoms with Gasteiger partial charge in [-0.25, -0.2) is 18.2 Å². The molecule has 0 unspecified atom stereocenters. The summed E-state index contributed by atoms with van der Waals surface area (Å²) in [5, 5.41) is 12.7. The molecule has 258 valence electrons. The molecule has 0 radical (unpaired) electrons. The Morgan fingerprint density at radius 3 is 2.69 bits per heavy atom. The topological polar surface area (TPSA) is 106 Å². The monoisotopic (exact) mass is 708 g/mol. The summed E-state index contributed by atoms with van der Waals surface area (Å²) in [6, 6.07) is 12.3. The van der Waals surface area contributed by atoms with Gasteiger partial charge in [-0.15, -0.1) is 21.5 Å². The highest BCUT2D eigenvalue weighted by Crippen LogP contribution is 2.51. The van der Waals surface area contributed by atoms with Crippen LogP contribution in [0.25, 0.3) is 32.0 Å². The van der Waals surface area contributed by atoms with Gasteiger partial charge in [-0.3, -0.25) is 9.78 Å². The van der Waals surface area contributed by atoms with Gasteiger partial charge in [-0.2, -0.15) is 0 Å². The zero-order valence-corrected chi connectivity index (χ0v) is 28.5. The lowest BCUT2D eigenvalue weighted by Crippen LogP contribution is -2.22. The van der Waals surface area contributed by atoms with Gasteiger partial charge in [0, 0.05) is 42.1 Å². The van der Waals surface area contributed by atoms with Crippen molar-refractivity contribution in [1.29, 1.82) is 0 Å². The molecule has 9 rings (SSSR count). The number of rotatable bonds is 8. The van der Waals surface area contributed by atoms with E-state index >= 15 is 4.39 Å². The van der Waals surface area contributed by atoms with Crippen LogP contribution >= 0.6 is 11.3 Å². The molecule has 1 saturated heterocycles. The summed E-state index contributed by atoms with van der Waals surface area (Å²) in [5.41, 5.74) is 5.27. The second kappa shape index (κ2) is 12.2. The number of alkyl halides is 1. The average molecular weight is 709 g/mol. The minimum atomic E-state index is -1.34. The number of thiophene rings is 1. The molecule has 6 heterocycles. The van der Waals surface area contributed by atoms with Crippen molar-refractivity contribution in [2.24, 2.45) is 0 Å². The van der Waals surface area contributed by atoms with Crippen molar-refractivity contribution in [2.45, 2.75) is 57.3 Å². The van der Waals surface area contributed by atoms with E-state index in [-0.39, 0.29) is 35.8 Å². The van der Waals surface area contributed by atoms with Crippen LogP contribution in [-0.2, 0) is 19.3 Å². The fourth-order valence-electron chi connectivity index (χ4n) is 7.87. The Hall–Kier alpha value is -5.30. The number of hydrogen-bond acceptors (Lipinski definition) is 9. The molecule has 9 nitrogen and oxygen atoms in total. The van der Waals surface area contributed by atoms with Crippen molar-refractivity contribution in [3.63, 3.8) is 0 Å². The Labute approximate surface area is 294 Å². The summed E-state index contributed by atoms with van der Waals surface area (Å²) in [5.74, 6) is 0.224. The van der Waals surface area contributed by atoms with E-state index in [1.807, 2.05) is 17.0 Å². The van der Waals surface area contributed by atoms with Gasteiger partial charge in [-0.1, -0.05) is 18.2 Å². The largest absolute Gasteiger partial charge is 0.493 e. The maximum atomic E-state index is 15.6. The smallest absolute Gasteiger partial charge is 0.257 e. The standard InChI is InChI=1S/C38H31F3N6O3S/c1-18-45-46-37(50-18)29-26(12-7-19-5-8-21(39)9-6-19)43-33-27-4-3-15-47(27)38(48)31(33)30(29)28-16-20-13-14-42-36(35(20)51-28)44-32-22-10-11-24(40)34(49-2)23(22)17-25(32)41/h5-6,8-11,13-14,16,25,27,32H,3-4,7,12,15,17H2,1-2H3,(H,42,44)/t25-,27+,32+/m0/s1. The Kier molecular flexibility index (Phi) is 7.57. The van der Waals surface area contributed by atoms with E-state index in [2.05, 4.69) is 20.5 Å². The molecule has 51 heavy (non-hydrogen) atoms. The first-order valence-corrected chi connectivity index (χ1v) is 17.7. The van der Waals surface area contributed by atoms with Crippen LogP contribution in [0.4, 0.5) is 19.0 Å². The number of amides is 1. The molecule has 0 saturated carbocycles. The SMILES string of the molecule is COc1c(F)ccc2c1C[C@H](F)[C@@H]2Nc1nccc2cc(-c3c4c(nc(CCc5ccc(F)cc5)c3-c3nnc(C)o3)[C@H]3CCCN3C4=O)sc12. The number of aromatic nitrogens is 4.